The van der Waals surface area contributed by atoms with E-state index in [0.717, 1.165) is 0 Å². The summed E-state index contributed by atoms with van der Waals surface area (Å²) in [7, 11) is -3.50. The lowest BCUT2D eigenvalue weighted by Crippen LogP contribution is -2.40. The quantitative estimate of drug-likeness (QED) is 0.492. The third-order valence-electron chi connectivity index (χ3n) is 6.68. The average molecular weight is 539 g/mol. The molecular weight excluding hydrogens is 511 g/mol. The first-order valence-corrected chi connectivity index (χ1v) is 13.6. The second-order valence-corrected chi connectivity index (χ2v) is 11.9. The summed E-state index contributed by atoms with van der Waals surface area (Å²) < 4.78 is 40.9. The Balaban J connectivity index is 1.75. The van der Waals surface area contributed by atoms with Crippen molar-refractivity contribution in [2.24, 2.45) is 5.92 Å². The van der Waals surface area contributed by atoms with Crippen LogP contribution in [-0.4, -0.2) is 54.7 Å². The second kappa shape index (κ2) is 9.91. The van der Waals surface area contributed by atoms with Crippen molar-refractivity contribution in [3.05, 3.63) is 63.6 Å². The fourth-order valence-corrected chi connectivity index (χ4v) is 6.53. The first-order valence-electron chi connectivity index (χ1n) is 11.6. The Bertz CT molecular complexity index is 1340. The maximum absolute atomic E-state index is 15.0. The van der Waals surface area contributed by atoms with Gasteiger partial charge >= 0.3 is 5.97 Å². The fourth-order valence-electron chi connectivity index (χ4n) is 4.75. The van der Waals surface area contributed by atoms with Crippen LogP contribution in [0.15, 0.2) is 36.0 Å². The van der Waals surface area contributed by atoms with Crippen LogP contribution < -0.4 is 9.21 Å². The summed E-state index contributed by atoms with van der Waals surface area (Å²) in [6.45, 7) is 3.85. The van der Waals surface area contributed by atoms with E-state index in [0.29, 0.717) is 23.2 Å². The number of aliphatic hydroxyl groups excluding tert-OH is 1. The SMILES string of the molecule is CC(C)[C@@H](CO)N1C=C(C(=O)O)Cc2cc(Cc3cc(N4CCCS4(=O)=O)cc(Cl)c3F)c(O)cc21. The number of carboxylic acid groups (broad SMARTS) is 1. The van der Waals surface area contributed by atoms with Crippen molar-refractivity contribution in [1.29, 1.82) is 0 Å². The Hall–Kier alpha value is -2.82. The van der Waals surface area contributed by atoms with Crippen molar-refractivity contribution in [3.63, 3.8) is 0 Å². The summed E-state index contributed by atoms with van der Waals surface area (Å²) in [5.74, 6) is -1.97. The molecule has 36 heavy (non-hydrogen) atoms. The molecule has 0 amide bonds. The number of carboxylic acids is 1. The van der Waals surface area contributed by atoms with E-state index in [1.54, 1.807) is 11.0 Å². The summed E-state index contributed by atoms with van der Waals surface area (Å²) in [4.78, 5) is 13.5. The van der Waals surface area contributed by atoms with Crippen LogP contribution >= 0.6 is 11.6 Å². The highest BCUT2D eigenvalue weighted by atomic mass is 35.5. The van der Waals surface area contributed by atoms with Crippen LogP contribution in [0.1, 0.15) is 37.0 Å². The number of aromatic hydroxyl groups is 1. The number of carbonyl (C=O) groups is 1. The molecule has 4 rings (SSSR count). The van der Waals surface area contributed by atoms with E-state index in [1.165, 1.54) is 28.7 Å². The molecule has 0 aromatic heterocycles. The molecule has 0 spiro atoms. The van der Waals surface area contributed by atoms with Gasteiger partial charge in [0.05, 0.1) is 34.7 Å². The van der Waals surface area contributed by atoms with Gasteiger partial charge in [-0.15, -0.1) is 0 Å². The number of hydrogen-bond donors (Lipinski definition) is 3. The summed E-state index contributed by atoms with van der Waals surface area (Å²) in [6, 6.07) is 5.38. The lowest BCUT2D eigenvalue weighted by Gasteiger charge is -2.37. The number of benzene rings is 2. The summed E-state index contributed by atoms with van der Waals surface area (Å²) >= 11 is 6.10. The molecule has 0 unspecified atom stereocenters. The van der Waals surface area contributed by atoms with E-state index in [2.05, 4.69) is 0 Å². The number of nitrogens with zero attached hydrogens (tertiary/aromatic N) is 2. The lowest BCUT2D eigenvalue weighted by atomic mass is 9.92. The lowest BCUT2D eigenvalue weighted by molar-refractivity contribution is -0.132. The molecular formula is C25H28ClFN2O6S. The highest BCUT2D eigenvalue weighted by molar-refractivity contribution is 7.93. The number of anilines is 2. The van der Waals surface area contributed by atoms with Gasteiger partial charge in [0, 0.05) is 37.3 Å². The van der Waals surface area contributed by atoms with E-state index in [9.17, 15) is 32.9 Å². The molecule has 2 aliphatic rings. The third kappa shape index (κ3) is 4.89. The number of hydrogen-bond acceptors (Lipinski definition) is 6. The molecule has 0 radical (unpaired) electrons. The van der Waals surface area contributed by atoms with Crippen LogP contribution in [-0.2, 0) is 27.7 Å². The van der Waals surface area contributed by atoms with E-state index in [4.69, 9.17) is 11.6 Å². The zero-order chi connectivity index (χ0) is 26.4. The molecule has 0 bridgehead atoms. The Morgan fingerprint density at radius 1 is 1.19 bits per heavy atom. The zero-order valence-corrected chi connectivity index (χ0v) is 21.5. The maximum Gasteiger partial charge on any atom is 0.333 e. The smallest absolute Gasteiger partial charge is 0.333 e. The Morgan fingerprint density at radius 2 is 1.92 bits per heavy atom. The van der Waals surface area contributed by atoms with Crippen molar-refractivity contribution < 1.29 is 32.9 Å². The van der Waals surface area contributed by atoms with Crippen LogP contribution in [0.3, 0.4) is 0 Å². The third-order valence-corrected chi connectivity index (χ3v) is 8.82. The number of fused-ring (bicyclic) bond motifs is 1. The van der Waals surface area contributed by atoms with Gasteiger partial charge in [-0.3, -0.25) is 4.31 Å². The normalized spacial score (nSPS) is 17.8. The molecule has 0 saturated carbocycles. The summed E-state index contributed by atoms with van der Waals surface area (Å²) in [5, 5.41) is 30.2. The summed E-state index contributed by atoms with van der Waals surface area (Å²) in [6.07, 6.45) is 1.93. The van der Waals surface area contributed by atoms with Crippen molar-refractivity contribution in [3.8, 4) is 5.75 Å². The molecule has 1 saturated heterocycles. The Kier molecular flexibility index (Phi) is 7.23. The van der Waals surface area contributed by atoms with E-state index in [1.807, 2.05) is 13.8 Å². The first-order chi connectivity index (χ1) is 16.9. The van der Waals surface area contributed by atoms with Gasteiger partial charge in [0.2, 0.25) is 10.0 Å². The van der Waals surface area contributed by atoms with Crippen molar-refractivity contribution in [1.82, 2.24) is 0 Å². The largest absolute Gasteiger partial charge is 0.508 e. The number of phenolic OH excluding ortho intramolecular Hbond substituents is 1. The number of sulfonamides is 1. The first kappa shape index (κ1) is 26.2. The van der Waals surface area contributed by atoms with Gasteiger partial charge in [0.15, 0.2) is 0 Å². The van der Waals surface area contributed by atoms with Gasteiger partial charge in [-0.1, -0.05) is 25.4 Å². The van der Waals surface area contributed by atoms with Crippen LogP contribution in [0.5, 0.6) is 5.75 Å². The highest BCUT2D eigenvalue weighted by Gasteiger charge is 2.31. The van der Waals surface area contributed by atoms with Crippen LogP contribution in [0.4, 0.5) is 15.8 Å². The molecule has 2 heterocycles. The zero-order valence-electron chi connectivity index (χ0n) is 19.9. The monoisotopic (exact) mass is 538 g/mol. The predicted octanol–water partition coefficient (Wildman–Crippen LogP) is 3.66. The molecule has 1 fully saturated rings. The molecule has 1 atom stereocenters. The second-order valence-electron chi connectivity index (χ2n) is 9.47. The predicted molar refractivity (Wildman–Crippen MR) is 136 cm³/mol. The van der Waals surface area contributed by atoms with Crippen molar-refractivity contribution in [2.75, 3.05) is 28.1 Å². The molecule has 3 N–H and O–H groups in total. The average Bonchev–Trinajstić information content (AvgIpc) is 3.16. The van der Waals surface area contributed by atoms with Gasteiger partial charge in [-0.05, 0) is 47.2 Å². The van der Waals surface area contributed by atoms with Crippen LogP contribution in [0, 0.1) is 11.7 Å². The number of halogens is 2. The topological polar surface area (TPSA) is 118 Å². The molecule has 2 aromatic rings. The standard InChI is InChI=1S/C25H28ClFN2O6S/c1-14(2)22(13-30)28-12-18(25(32)33)7-15-6-16(23(31)11-21(15)28)8-17-9-19(10-20(26)24(17)27)29-4-3-5-36(29,34)35/h6,9-12,14,22,30-31H,3-5,7-8,13H2,1-2H3,(H,32,33)/t22-/m1/s1. The van der Waals surface area contributed by atoms with Crippen molar-refractivity contribution in [2.45, 2.75) is 39.2 Å². The van der Waals surface area contributed by atoms with E-state index in [-0.39, 0.29) is 65.3 Å². The molecule has 8 nitrogen and oxygen atoms in total. The number of phenols is 1. The molecule has 2 aliphatic heterocycles. The van der Waals surface area contributed by atoms with Gasteiger partial charge in [0.1, 0.15) is 11.6 Å². The Labute approximate surface area is 214 Å². The highest BCUT2D eigenvalue weighted by Crippen LogP contribution is 2.39. The molecule has 2 aromatic carbocycles. The molecule has 0 aliphatic carbocycles. The van der Waals surface area contributed by atoms with Gasteiger partial charge < -0.3 is 20.2 Å². The molecule has 194 valence electrons. The van der Waals surface area contributed by atoms with Gasteiger partial charge in [0.25, 0.3) is 0 Å². The van der Waals surface area contributed by atoms with Crippen LogP contribution in [0.25, 0.3) is 0 Å². The van der Waals surface area contributed by atoms with Crippen molar-refractivity contribution >= 4 is 39.0 Å². The Morgan fingerprint density at radius 3 is 2.50 bits per heavy atom. The van der Waals surface area contributed by atoms with Gasteiger partial charge in [-0.2, -0.15) is 0 Å². The van der Waals surface area contributed by atoms with E-state index < -0.39 is 27.9 Å². The number of rotatable bonds is 7. The van der Waals surface area contributed by atoms with E-state index >= 15 is 0 Å². The minimum Gasteiger partial charge on any atom is -0.508 e. The molecule has 11 heteroatoms. The number of aliphatic hydroxyl groups is 1. The van der Waals surface area contributed by atoms with Gasteiger partial charge in [-0.25, -0.2) is 17.6 Å². The minimum atomic E-state index is -3.50. The minimum absolute atomic E-state index is 0.00405. The van der Waals surface area contributed by atoms with Crippen LogP contribution in [0.2, 0.25) is 5.02 Å². The maximum atomic E-state index is 15.0. The number of aliphatic carboxylic acids is 1. The fraction of sp³-hybridized carbons (Fsp3) is 0.400. The summed E-state index contributed by atoms with van der Waals surface area (Å²) in [5.41, 5.74) is 1.98.